The Balaban J connectivity index is 0.807. The number of hydrogen-bond acceptors (Lipinski definition) is 14. The number of ether oxygens (including phenoxy) is 4. The van der Waals surface area contributed by atoms with E-state index in [1.54, 1.807) is 20.8 Å². The van der Waals surface area contributed by atoms with Gasteiger partial charge in [-0.15, -0.1) is 0 Å². The molecule has 11 aliphatic rings. The number of fused-ring (bicyclic) bond motifs is 12. The van der Waals surface area contributed by atoms with Crippen molar-refractivity contribution >= 4 is 5.78 Å². The lowest BCUT2D eigenvalue weighted by Crippen LogP contribution is -2.73. The van der Waals surface area contributed by atoms with E-state index in [-0.39, 0.29) is 79.4 Å². The maximum atomic E-state index is 15.1. The number of carbonyl (C=O) groups is 1. The molecule has 69 heavy (non-hydrogen) atoms. The van der Waals surface area contributed by atoms with Crippen LogP contribution in [0, 0.1) is 63.1 Å². The number of aromatic nitrogens is 2. The van der Waals surface area contributed by atoms with Crippen molar-refractivity contribution in [2.24, 2.45) is 63.1 Å². The van der Waals surface area contributed by atoms with E-state index < -0.39 is 86.5 Å². The minimum absolute atomic E-state index is 0.00303. The SMILES string of the molecule is CC[C@H](OC[C@]12C(=O)C[C@@]3(O)[C@@H](CC[C@H]4Cc5nc6c(nc5C[C@@]43C)C[C@@H]3CC[C@H]4C5=C[C@@H]7O[C@]8(O[C@](C)(CO)C[C@H]8O)[C@@H](C)[C@]7(O)[C@@]5(C)[C@H](O)C[C@@H]4[C@@]3(C)C6)[C@]13O[C@@H]3C[C@@H]2C)[C@H](O)CC(C)(C)O. The van der Waals surface area contributed by atoms with Crippen molar-refractivity contribution in [1.29, 1.82) is 0 Å². The Kier molecular flexibility index (Phi) is 10.2. The molecule has 7 N–H and O–H groups in total. The fraction of sp³-hybridized carbons (Fsp3) is 0.873. The normalized spacial score (nSPS) is 53.9. The van der Waals surface area contributed by atoms with Crippen LogP contribution in [-0.2, 0) is 49.4 Å². The van der Waals surface area contributed by atoms with Crippen molar-refractivity contribution in [2.45, 2.75) is 223 Å². The van der Waals surface area contributed by atoms with Gasteiger partial charge in [-0.1, -0.05) is 53.2 Å². The third-order valence-corrected chi connectivity index (χ3v) is 23.0. The van der Waals surface area contributed by atoms with Gasteiger partial charge in [0.2, 0.25) is 5.79 Å². The number of aliphatic hydroxyl groups is 7. The highest BCUT2D eigenvalue weighted by atomic mass is 16.7. The molecule has 3 aliphatic heterocycles. The predicted molar refractivity (Wildman–Crippen MR) is 250 cm³/mol. The van der Waals surface area contributed by atoms with Gasteiger partial charge in [-0.25, -0.2) is 0 Å². The molecule has 0 aromatic carbocycles. The first-order valence-electron chi connectivity index (χ1n) is 26.9. The number of hydrogen-bond donors (Lipinski definition) is 7. The van der Waals surface area contributed by atoms with Crippen LogP contribution < -0.4 is 0 Å². The van der Waals surface area contributed by atoms with Crippen LogP contribution in [0.15, 0.2) is 11.6 Å². The average Bonchev–Trinajstić information content (AvgIpc) is 3.61. The monoisotopic (exact) mass is 961 g/mol. The van der Waals surface area contributed by atoms with Crippen molar-refractivity contribution < 1.29 is 59.5 Å². The molecule has 382 valence electrons. The molecule has 12 rings (SSSR count). The molecule has 0 amide bonds. The Morgan fingerprint density at radius 3 is 2.25 bits per heavy atom. The molecule has 22 atom stereocenters. The topological polar surface area (TPSA) is 225 Å². The van der Waals surface area contributed by atoms with Gasteiger partial charge in [0.15, 0.2) is 0 Å². The number of rotatable bonds is 8. The highest BCUT2D eigenvalue weighted by Gasteiger charge is 2.87. The fourth-order valence-corrected chi connectivity index (χ4v) is 19.1. The summed E-state index contributed by atoms with van der Waals surface area (Å²) < 4.78 is 26.3. The van der Waals surface area contributed by atoms with E-state index in [4.69, 9.17) is 28.9 Å². The molecule has 1 aromatic rings. The number of nitrogens with zero attached hydrogens (tertiary/aromatic N) is 2. The molecule has 14 nitrogen and oxygen atoms in total. The first-order valence-corrected chi connectivity index (χ1v) is 26.9. The lowest BCUT2D eigenvalue weighted by atomic mass is 9.41. The third-order valence-electron chi connectivity index (χ3n) is 23.0. The molecule has 2 spiro atoms. The number of ketones is 1. The summed E-state index contributed by atoms with van der Waals surface area (Å²) in [5, 5.41) is 82.0. The molecule has 0 unspecified atom stereocenters. The maximum Gasteiger partial charge on any atom is 0.201 e. The summed E-state index contributed by atoms with van der Waals surface area (Å²) in [4.78, 5) is 26.1. The number of epoxide rings is 1. The summed E-state index contributed by atoms with van der Waals surface area (Å²) in [7, 11) is 0. The second-order valence-corrected chi connectivity index (χ2v) is 26.7. The van der Waals surface area contributed by atoms with Gasteiger partial charge in [0.1, 0.15) is 29.2 Å². The van der Waals surface area contributed by atoms with Crippen LogP contribution in [0.2, 0.25) is 0 Å². The third kappa shape index (κ3) is 5.75. The molecular weight excluding hydrogens is 881 g/mol. The minimum Gasteiger partial charge on any atom is -0.393 e. The van der Waals surface area contributed by atoms with Gasteiger partial charge < -0.3 is 54.7 Å². The summed E-state index contributed by atoms with van der Waals surface area (Å²) in [5.41, 5.74) is -3.44. The highest BCUT2D eigenvalue weighted by molar-refractivity contribution is 5.91. The summed E-state index contributed by atoms with van der Waals surface area (Å²) in [6.07, 6.45) is 6.16. The number of carbonyl (C=O) groups excluding carboxylic acids is 1. The van der Waals surface area contributed by atoms with Crippen molar-refractivity contribution in [3.63, 3.8) is 0 Å². The quantitative estimate of drug-likeness (QED) is 0.143. The molecule has 1 aromatic heterocycles. The number of aliphatic hydroxyl groups excluding tert-OH is 4. The first kappa shape index (κ1) is 48.0. The van der Waals surface area contributed by atoms with E-state index in [0.29, 0.717) is 31.6 Å². The van der Waals surface area contributed by atoms with Gasteiger partial charge in [0, 0.05) is 41.9 Å². The first-order chi connectivity index (χ1) is 32.2. The smallest absolute Gasteiger partial charge is 0.201 e. The van der Waals surface area contributed by atoms with E-state index in [1.807, 2.05) is 20.8 Å². The summed E-state index contributed by atoms with van der Waals surface area (Å²) in [5.74, 6) is -1.77. The molecule has 0 bridgehead atoms. The van der Waals surface area contributed by atoms with E-state index in [0.717, 1.165) is 73.3 Å². The largest absolute Gasteiger partial charge is 0.393 e. The summed E-state index contributed by atoms with van der Waals surface area (Å²) in [6, 6.07) is 0. The van der Waals surface area contributed by atoms with Crippen LogP contribution in [0.25, 0.3) is 0 Å². The van der Waals surface area contributed by atoms with E-state index in [1.165, 1.54) is 0 Å². The van der Waals surface area contributed by atoms with Crippen LogP contribution in [0.4, 0.5) is 0 Å². The Bertz CT molecular complexity index is 2380. The van der Waals surface area contributed by atoms with Crippen LogP contribution in [-0.4, -0.2) is 135 Å². The Morgan fingerprint density at radius 1 is 0.899 bits per heavy atom. The Hall–Kier alpha value is -1.95. The lowest BCUT2D eigenvalue weighted by Gasteiger charge is -2.64. The van der Waals surface area contributed by atoms with Gasteiger partial charge in [-0.05, 0) is 126 Å². The van der Waals surface area contributed by atoms with E-state index in [9.17, 15) is 35.7 Å². The second-order valence-electron chi connectivity index (χ2n) is 26.7. The zero-order valence-corrected chi connectivity index (χ0v) is 42.5. The summed E-state index contributed by atoms with van der Waals surface area (Å²) >= 11 is 0. The standard InChI is InChI=1S/C55H80N2O12/c1-10-39(38(59)22-46(4,5)63)66-26-51-27(2)15-45-54(51,67-45)40-14-12-30-17-35-37(21-49(30,8)52(40,64)24-42(51)61)57-34-16-29-11-13-31-32(48(29,7)20-36(34)56-35)18-41(60)50(9)33(31)19-44-53(50,65)28(3)55(68-44)43(62)23-47(6,25-58)69-55/h19,27-32,38-41,43-45,58-60,62-65H,10-18,20-26H2,1-9H3/t27-,28-,29-,30-,31+,32-,38+,39-,40+,41+,43+,44-,45+,47-,48-,49-,50+,51-,52+,53+,54+,55-/m0/s1. The lowest BCUT2D eigenvalue weighted by molar-refractivity contribution is -0.280. The molecule has 5 saturated carbocycles. The van der Waals surface area contributed by atoms with Crippen molar-refractivity contribution in [2.75, 3.05) is 13.2 Å². The van der Waals surface area contributed by atoms with Gasteiger partial charge in [0.05, 0.1) is 82.6 Å². The minimum atomic E-state index is -1.52. The van der Waals surface area contributed by atoms with Gasteiger partial charge in [-0.2, -0.15) is 0 Å². The van der Waals surface area contributed by atoms with Crippen LogP contribution >= 0.6 is 0 Å². The van der Waals surface area contributed by atoms with Gasteiger partial charge >= 0.3 is 0 Å². The van der Waals surface area contributed by atoms with Crippen molar-refractivity contribution in [3.8, 4) is 0 Å². The van der Waals surface area contributed by atoms with E-state index >= 15 is 4.79 Å². The van der Waals surface area contributed by atoms with Crippen molar-refractivity contribution in [3.05, 3.63) is 34.4 Å². The molecule has 3 saturated heterocycles. The van der Waals surface area contributed by atoms with Crippen LogP contribution in [0.1, 0.15) is 149 Å². The zero-order valence-electron chi connectivity index (χ0n) is 42.5. The second kappa shape index (κ2) is 14.7. The summed E-state index contributed by atoms with van der Waals surface area (Å²) in [6.45, 7) is 17.5. The number of Topliss-reactive ketones (excluding diaryl/α,β-unsaturated/α-hetero) is 1. The average molecular weight is 961 g/mol. The van der Waals surface area contributed by atoms with Crippen molar-refractivity contribution in [1.82, 2.24) is 9.97 Å². The van der Waals surface area contributed by atoms with Gasteiger partial charge in [-0.3, -0.25) is 14.8 Å². The van der Waals surface area contributed by atoms with Crippen LogP contribution in [0.5, 0.6) is 0 Å². The molecular formula is C55H80N2O12. The predicted octanol–water partition coefficient (Wildman–Crippen LogP) is 4.25. The molecule has 0 radical (unpaired) electrons. The maximum absolute atomic E-state index is 15.1. The van der Waals surface area contributed by atoms with Gasteiger partial charge in [0.25, 0.3) is 0 Å². The molecule has 14 heteroatoms. The highest BCUT2D eigenvalue weighted by Crippen LogP contribution is 2.77. The Labute approximate surface area is 407 Å². The Morgan fingerprint density at radius 2 is 1.58 bits per heavy atom. The van der Waals surface area contributed by atoms with Crippen LogP contribution in [0.3, 0.4) is 0 Å². The zero-order chi connectivity index (χ0) is 49.2. The van der Waals surface area contributed by atoms with E-state index in [2.05, 4.69) is 26.8 Å². The molecule has 8 fully saturated rings. The molecule has 4 heterocycles. The fourth-order valence-electron chi connectivity index (χ4n) is 19.1. The molecule has 8 aliphatic carbocycles.